The summed E-state index contributed by atoms with van der Waals surface area (Å²) in [7, 11) is 2.98. The van der Waals surface area contributed by atoms with Crippen molar-refractivity contribution in [2.45, 2.75) is 51.4 Å². The molecule has 2 atom stereocenters. The first-order valence-corrected chi connectivity index (χ1v) is 8.35. The van der Waals surface area contributed by atoms with Gasteiger partial charge in [0, 0.05) is 19.6 Å². The summed E-state index contributed by atoms with van der Waals surface area (Å²) in [6.45, 7) is 2.19. The van der Waals surface area contributed by atoms with Crippen molar-refractivity contribution in [2.75, 3.05) is 14.2 Å². The Bertz CT molecular complexity index is 619. The Morgan fingerprint density at radius 3 is 2.26 bits per heavy atom. The van der Waals surface area contributed by atoms with Crippen molar-refractivity contribution in [1.82, 2.24) is 0 Å². The molecule has 1 heterocycles. The molecule has 1 aliphatic heterocycles. The Kier molecular flexibility index (Phi) is 3.48. The number of hydrogen-bond acceptors (Lipinski definition) is 5. The number of methoxy groups -OCH3 is 2. The summed E-state index contributed by atoms with van der Waals surface area (Å²) in [6.07, 6.45) is 6.05. The van der Waals surface area contributed by atoms with Crippen molar-refractivity contribution in [3.8, 4) is 12.1 Å². The molecule has 3 N–H and O–H groups in total. The quantitative estimate of drug-likeness (QED) is 0.730. The second kappa shape index (κ2) is 4.93. The molecule has 0 saturated heterocycles. The van der Waals surface area contributed by atoms with Crippen LogP contribution < -0.4 is 10.7 Å². The Balaban J connectivity index is 2.07. The average Bonchev–Trinajstić information content (AvgIpc) is 3.00. The number of nitrogens with zero attached hydrogens (tertiary/aromatic N) is 2. The van der Waals surface area contributed by atoms with Gasteiger partial charge in [0.05, 0.1) is 12.1 Å². The highest BCUT2D eigenvalue weighted by atomic mass is 16.7. The second-order valence-corrected chi connectivity index (χ2v) is 7.10. The average molecular weight is 317 g/mol. The summed E-state index contributed by atoms with van der Waals surface area (Å²) >= 11 is 0. The molecule has 0 aromatic carbocycles. The van der Waals surface area contributed by atoms with Crippen LogP contribution in [0.25, 0.3) is 0 Å². The van der Waals surface area contributed by atoms with Gasteiger partial charge in [-0.05, 0) is 31.6 Å². The van der Waals surface area contributed by atoms with Crippen LogP contribution in [0.15, 0.2) is 0 Å². The fourth-order valence-corrected chi connectivity index (χ4v) is 5.70. The first-order chi connectivity index (χ1) is 11.0. The van der Waals surface area contributed by atoms with E-state index in [2.05, 4.69) is 24.1 Å². The van der Waals surface area contributed by atoms with Crippen LogP contribution in [-0.2, 0) is 9.47 Å². The normalized spacial score (nSPS) is 43.3. The van der Waals surface area contributed by atoms with Crippen LogP contribution in [0, 0.1) is 44.8 Å². The third-order valence-corrected chi connectivity index (χ3v) is 6.70. The zero-order valence-corrected chi connectivity index (χ0v) is 14.1. The number of nitrogens with two attached hydrogens (primary N) is 1. The van der Waals surface area contributed by atoms with Gasteiger partial charge < -0.3 is 9.47 Å². The van der Waals surface area contributed by atoms with Gasteiger partial charge in [-0.3, -0.25) is 5.73 Å². The second-order valence-electron chi connectivity index (χ2n) is 7.10. The van der Waals surface area contributed by atoms with Gasteiger partial charge in [-0.1, -0.05) is 19.8 Å². The Morgan fingerprint density at radius 2 is 1.83 bits per heavy atom. The Hall–Kier alpha value is -1.63. The SMILES string of the molecule is CCCC1CCC2(CC1)[C@]1(C#N)C(OC)(OC)[NH+]=C(N)[C@]21C#N. The standard InChI is InChI=1S/C17H24N4O2/c1-4-5-12-6-8-14(9-7-12)15(10-18)13(20)21-17(22-2,23-3)16(14,15)11-19/h12H,4-9H2,1-3H3,(H2,20,21)/p+1/t12?,14?,15-,16+/m1/s1. The van der Waals surface area contributed by atoms with E-state index >= 15 is 0 Å². The number of rotatable bonds is 4. The Morgan fingerprint density at radius 1 is 1.22 bits per heavy atom. The van der Waals surface area contributed by atoms with Crippen LogP contribution in [0.1, 0.15) is 45.4 Å². The highest BCUT2D eigenvalue weighted by Crippen LogP contribution is 2.86. The molecule has 6 nitrogen and oxygen atoms in total. The molecular formula is C17H25N4O2+. The fraction of sp³-hybridized carbons (Fsp3) is 0.824. The van der Waals surface area contributed by atoms with Crippen LogP contribution >= 0.6 is 0 Å². The smallest absolute Gasteiger partial charge is 0.317 e. The van der Waals surface area contributed by atoms with E-state index in [1.54, 1.807) is 0 Å². The van der Waals surface area contributed by atoms with Crippen LogP contribution in [-0.4, -0.2) is 26.0 Å². The van der Waals surface area contributed by atoms with Crippen molar-refractivity contribution in [3.63, 3.8) is 0 Å². The first-order valence-electron chi connectivity index (χ1n) is 8.35. The summed E-state index contributed by atoms with van der Waals surface area (Å²) in [6, 6.07) is 4.78. The summed E-state index contributed by atoms with van der Waals surface area (Å²) in [5.74, 6) is -0.356. The van der Waals surface area contributed by atoms with Gasteiger partial charge in [0.1, 0.15) is 0 Å². The molecule has 1 spiro atoms. The molecule has 0 aromatic rings. The van der Waals surface area contributed by atoms with Gasteiger partial charge in [0.25, 0.3) is 5.84 Å². The zero-order valence-electron chi connectivity index (χ0n) is 14.1. The van der Waals surface area contributed by atoms with Gasteiger partial charge in [-0.15, -0.1) is 0 Å². The lowest BCUT2D eigenvalue weighted by molar-refractivity contribution is -0.690. The lowest BCUT2D eigenvalue weighted by atomic mass is 9.71. The topological polar surface area (TPSA) is 106 Å². The largest absolute Gasteiger partial charge is 0.342 e. The highest BCUT2D eigenvalue weighted by molar-refractivity contribution is 5.95. The van der Waals surface area contributed by atoms with Crippen molar-refractivity contribution in [3.05, 3.63) is 0 Å². The summed E-state index contributed by atoms with van der Waals surface area (Å²) < 4.78 is 11.2. The van der Waals surface area contributed by atoms with Crippen LogP contribution in [0.5, 0.6) is 0 Å². The first kappa shape index (κ1) is 16.2. The number of ether oxygens (including phenoxy) is 2. The molecule has 2 fully saturated rings. The third-order valence-electron chi connectivity index (χ3n) is 6.70. The molecule has 2 aliphatic carbocycles. The number of fused-ring (bicyclic) bond motifs is 3. The van der Waals surface area contributed by atoms with Crippen molar-refractivity contribution in [1.29, 1.82) is 10.5 Å². The summed E-state index contributed by atoms with van der Waals surface area (Å²) in [5, 5.41) is 20.1. The fourth-order valence-electron chi connectivity index (χ4n) is 5.70. The van der Waals surface area contributed by atoms with E-state index in [-0.39, 0.29) is 0 Å². The van der Waals surface area contributed by atoms with Crippen molar-refractivity contribution in [2.24, 2.45) is 27.9 Å². The summed E-state index contributed by atoms with van der Waals surface area (Å²) in [4.78, 5) is 2.96. The lowest BCUT2D eigenvalue weighted by Gasteiger charge is -2.35. The van der Waals surface area contributed by atoms with Gasteiger partial charge in [-0.2, -0.15) is 10.5 Å². The number of nitrogens with one attached hydrogen (secondary N) is 1. The number of hydrogen-bond donors (Lipinski definition) is 2. The maximum atomic E-state index is 10.1. The van der Waals surface area contributed by atoms with E-state index in [1.165, 1.54) is 27.1 Å². The molecule has 2 saturated carbocycles. The predicted octanol–water partition coefficient (Wildman–Crippen LogP) is 0.395. The molecule has 0 bridgehead atoms. The van der Waals surface area contributed by atoms with E-state index in [4.69, 9.17) is 15.2 Å². The molecule has 0 amide bonds. The minimum atomic E-state index is -1.35. The molecule has 3 rings (SSSR count). The molecule has 0 radical (unpaired) electrons. The van der Waals surface area contributed by atoms with Gasteiger partial charge in [-0.25, -0.2) is 4.99 Å². The van der Waals surface area contributed by atoms with Gasteiger partial charge >= 0.3 is 5.91 Å². The van der Waals surface area contributed by atoms with Gasteiger partial charge in [0.2, 0.25) is 0 Å². The van der Waals surface area contributed by atoms with Crippen molar-refractivity contribution < 1.29 is 14.5 Å². The lowest BCUT2D eigenvalue weighted by Crippen LogP contribution is -2.91. The van der Waals surface area contributed by atoms with E-state index < -0.39 is 22.2 Å². The van der Waals surface area contributed by atoms with Crippen LogP contribution in [0.2, 0.25) is 0 Å². The van der Waals surface area contributed by atoms with E-state index in [9.17, 15) is 10.5 Å². The predicted molar refractivity (Wildman–Crippen MR) is 82.3 cm³/mol. The molecule has 124 valence electrons. The van der Waals surface area contributed by atoms with E-state index in [0.29, 0.717) is 11.8 Å². The monoisotopic (exact) mass is 317 g/mol. The molecule has 23 heavy (non-hydrogen) atoms. The molecule has 6 heteroatoms. The zero-order chi connectivity index (χ0) is 16.9. The summed E-state index contributed by atoms with van der Waals surface area (Å²) in [5.41, 5.74) is 3.63. The number of nitriles is 2. The Labute approximate surface area is 137 Å². The molecule has 3 aliphatic rings. The number of amidine groups is 1. The van der Waals surface area contributed by atoms with Gasteiger partial charge in [0.15, 0.2) is 10.8 Å². The minimum Gasteiger partial charge on any atom is -0.317 e. The highest BCUT2D eigenvalue weighted by Gasteiger charge is 3.03. The van der Waals surface area contributed by atoms with Crippen LogP contribution in [0.4, 0.5) is 0 Å². The molecular weight excluding hydrogens is 292 g/mol. The minimum absolute atomic E-state index is 0.319. The van der Waals surface area contributed by atoms with Crippen LogP contribution in [0.3, 0.4) is 0 Å². The van der Waals surface area contributed by atoms with E-state index in [0.717, 1.165) is 25.7 Å². The maximum absolute atomic E-state index is 10.1. The third kappa shape index (κ3) is 1.39. The van der Waals surface area contributed by atoms with E-state index in [1.807, 2.05) is 0 Å². The van der Waals surface area contributed by atoms with Crippen molar-refractivity contribution >= 4 is 5.84 Å². The molecule has 0 unspecified atom stereocenters. The maximum Gasteiger partial charge on any atom is 0.342 e. The molecule has 0 aromatic heterocycles.